The van der Waals surface area contributed by atoms with Crippen LogP contribution in [-0.2, 0) is 9.59 Å². The van der Waals surface area contributed by atoms with Crippen molar-refractivity contribution < 1.29 is 9.59 Å². The molecular formula is C17H20ClN7O2S. The van der Waals surface area contributed by atoms with Crippen LogP contribution in [0.5, 0.6) is 0 Å². The minimum Gasteiger partial charge on any atom is -0.340 e. The van der Waals surface area contributed by atoms with Gasteiger partial charge in [0, 0.05) is 9.77 Å². The topological polar surface area (TPSA) is 116 Å². The van der Waals surface area contributed by atoms with Crippen LogP contribution >= 0.6 is 23.4 Å². The number of tetrazole rings is 1. The molecule has 4 rings (SSSR count). The van der Waals surface area contributed by atoms with E-state index in [2.05, 4.69) is 31.3 Å². The highest BCUT2D eigenvalue weighted by molar-refractivity contribution is 8.01. The molecule has 148 valence electrons. The summed E-state index contributed by atoms with van der Waals surface area (Å²) in [5.41, 5.74) is 0.776. The van der Waals surface area contributed by atoms with Crippen molar-refractivity contribution in [3.63, 3.8) is 0 Å². The summed E-state index contributed by atoms with van der Waals surface area (Å²) >= 11 is 7.56. The number of likely N-dealkylation sites (N-methyl/N-ethyl adjacent to an activating group) is 1. The Balaban J connectivity index is 1.50. The van der Waals surface area contributed by atoms with Crippen molar-refractivity contribution in [2.24, 2.45) is 0 Å². The molecule has 2 fully saturated rings. The van der Waals surface area contributed by atoms with Gasteiger partial charge in [0.05, 0.1) is 0 Å². The standard InChI is InChI=1S/C17H20ClN7O2S/c1-17(2)12(13-21-23-24-22-13)25-15(27)11(16(25)28-17)20-14(26)10(19-3)8-4-6-9(18)7-5-8/h4-7,10-12,16,19H,1-3H3,(H,20,26)(H,21,22,23,24)/t10?,11?,12?,16-/m0/s1. The van der Waals surface area contributed by atoms with E-state index in [1.54, 1.807) is 48.0 Å². The Labute approximate surface area is 171 Å². The van der Waals surface area contributed by atoms with Crippen LogP contribution in [0, 0.1) is 0 Å². The molecule has 2 aliphatic rings. The first-order valence-corrected chi connectivity index (χ1v) is 10.1. The van der Waals surface area contributed by atoms with Crippen molar-refractivity contribution in [3.05, 3.63) is 40.7 Å². The molecule has 9 nitrogen and oxygen atoms in total. The first kappa shape index (κ1) is 19.2. The van der Waals surface area contributed by atoms with E-state index in [0.717, 1.165) is 5.56 Å². The highest BCUT2D eigenvalue weighted by Crippen LogP contribution is 2.56. The minimum atomic E-state index is -0.583. The van der Waals surface area contributed by atoms with Crippen LogP contribution in [0.3, 0.4) is 0 Å². The molecule has 0 bridgehead atoms. The quantitative estimate of drug-likeness (QED) is 0.617. The zero-order valence-electron chi connectivity index (χ0n) is 15.5. The van der Waals surface area contributed by atoms with Gasteiger partial charge in [0.2, 0.25) is 11.8 Å². The fraction of sp³-hybridized carbons (Fsp3) is 0.471. The van der Waals surface area contributed by atoms with Crippen LogP contribution in [-0.4, -0.2) is 60.5 Å². The van der Waals surface area contributed by atoms with E-state index in [-0.39, 0.29) is 28.0 Å². The third-order valence-electron chi connectivity index (χ3n) is 5.11. The van der Waals surface area contributed by atoms with E-state index >= 15 is 0 Å². The second kappa shape index (κ2) is 7.02. The Morgan fingerprint density at radius 1 is 1.36 bits per heavy atom. The number of β-lactam (4-membered cyclic amide) rings is 1. The van der Waals surface area contributed by atoms with Gasteiger partial charge < -0.3 is 15.5 Å². The predicted octanol–water partition coefficient (Wildman–Crippen LogP) is 1.03. The number of benzene rings is 1. The maximum Gasteiger partial charge on any atom is 0.249 e. The van der Waals surface area contributed by atoms with Gasteiger partial charge in [0.1, 0.15) is 23.5 Å². The number of aromatic nitrogens is 4. The molecule has 0 aliphatic carbocycles. The maximum absolute atomic E-state index is 12.8. The summed E-state index contributed by atoms with van der Waals surface area (Å²) < 4.78 is -0.292. The lowest BCUT2D eigenvalue weighted by Gasteiger charge is -2.44. The van der Waals surface area contributed by atoms with E-state index in [9.17, 15) is 9.59 Å². The van der Waals surface area contributed by atoms with E-state index in [0.29, 0.717) is 10.8 Å². The predicted molar refractivity (Wildman–Crippen MR) is 104 cm³/mol. The lowest BCUT2D eigenvalue weighted by atomic mass is 9.95. The number of carbonyl (C=O) groups is 2. The number of amides is 2. The summed E-state index contributed by atoms with van der Waals surface area (Å²) in [4.78, 5) is 27.4. The normalized spacial score (nSPS) is 26.5. The Kier molecular flexibility index (Phi) is 4.80. The Morgan fingerprint density at radius 2 is 2.07 bits per heavy atom. The van der Waals surface area contributed by atoms with E-state index in [1.807, 2.05) is 13.8 Å². The largest absolute Gasteiger partial charge is 0.340 e. The molecule has 1 aromatic carbocycles. The Hall–Kier alpha value is -2.17. The number of hydrogen-bond donors (Lipinski definition) is 3. The van der Waals surface area contributed by atoms with Crippen LogP contribution in [0.4, 0.5) is 0 Å². The number of carbonyl (C=O) groups excluding carboxylic acids is 2. The molecule has 11 heteroatoms. The van der Waals surface area contributed by atoms with Crippen LogP contribution in [0.2, 0.25) is 5.02 Å². The van der Waals surface area contributed by atoms with Gasteiger partial charge in [-0.25, -0.2) is 5.10 Å². The molecule has 4 atom stereocenters. The molecule has 3 heterocycles. The number of aromatic amines is 1. The molecule has 3 N–H and O–H groups in total. The molecule has 2 aliphatic heterocycles. The van der Waals surface area contributed by atoms with Crippen molar-refractivity contribution >= 4 is 35.2 Å². The van der Waals surface area contributed by atoms with Gasteiger partial charge in [-0.1, -0.05) is 23.7 Å². The van der Waals surface area contributed by atoms with Crippen molar-refractivity contribution in [2.75, 3.05) is 7.05 Å². The van der Waals surface area contributed by atoms with Gasteiger partial charge in [-0.15, -0.1) is 16.9 Å². The van der Waals surface area contributed by atoms with E-state index < -0.39 is 12.1 Å². The number of nitrogens with one attached hydrogen (secondary N) is 3. The molecule has 3 unspecified atom stereocenters. The van der Waals surface area contributed by atoms with Gasteiger partial charge in [-0.2, -0.15) is 0 Å². The van der Waals surface area contributed by atoms with Gasteiger partial charge >= 0.3 is 0 Å². The number of nitrogens with zero attached hydrogens (tertiary/aromatic N) is 4. The molecule has 0 radical (unpaired) electrons. The molecule has 0 saturated carbocycles. The van der Waals surface area contributed by atoms with Crippen molar-refractivity contribution in [1.82, 2.24) is 36.2 Å². The average molecular weight is 422 g/mol. The zero-order valence-corrected chi connectivity index (χ0v) is 17.1. The van der Waals surface area contributed by atoms with Crippen LogP contribution < -0.4 is 10.6 Å². The lowest BCUT2D eigenvalue weighted by molar-refractivity contribution is -0.152. The number of thioether (sulfide) groups is 1. The zero-order chi connectivity index (χ0) is 20.1. The molecular weight excluding hydrogens is 402 g/mol. The summed E-state index contributed by atoms with van der Waals surface area (Å²) in [6.45, 7) is 4.08. The summed E-state index contributed by atoms with van der Waals surface area (Å²) in [6, 6.07) is 5.62. The van der Waals surface area contributed by atoms with Crippen molar-refractivity contribution in [3.8, 4) is 0 Å². The number of rotatable bonds is 5. The number of halogens is 1. The average Bonchev–Trinajstić information content (AvgIpc) is 3.26. The van der Waals surface area contributed by atoms with Crippen LogP contribution in [0.1, 0.15) is 37.3 Å². The second-order valence-corrected chi connectivity index (χ2v) is 9.51. The smallest absolute Gasteiger partial charge is 0.249 e. The summed E-state index contributed by atoms with van der Waals surface area (Å²) in [6.07, 6.45) is 0. The first-order chi connectivity index (χ1) is 13.3. The third-order valence-corrected chi connectivity index (χ3v) is 6.94. The third kappa shape index (κ3) is 3.05. The minimum absolute atomic E-state index is 0.135. The second-order valence-electron chi connectivity index (χ2n) is 7.31. The van der Waals surface area contributed by atoms with Crippen molar-refractivity contribution in [1.29, 1.82) is 0 Å². The van der Waals surface area contributed by atoms with Gasteiger partial charge in [0.15, 0.2) is 5.82 Å². The molecule has 28 heavy (non-hydrogen) atoms. The summed E-state index contributed by atoms with van der Waals surface area (Å²) in [7, 11) is 1.70. The Morgan fingerprint density at radius 3 is 2.68 bits per heavy atom. The number of H-pyrrole nitrogens is 1. The highest BCUT2D eigenvalue weighted by Gasteiger charge is 2.63. The fourth-order valence-electron chi connectivity index (χ4n) is 3.81. The lowest BCUT2D eigenvalue weighted by Crippen LogP contribution is -2.68. The highest BCUT2D eigenvalue weighted by atomic mass is 35.5. The van der Waals surface area contributed by atoms with Gasteiger partial charge in [-0.05, 0) is 49.0 Å². The van der Waals surface area contributed by atoms with Gasteiger partial charge in [0.25, 0.3) is 0 Å². The molecule has 1 aromatic heterocycles. The number of hydrogen-bond acceptors (Lipinski definition) is 7. The summed E-state index contributed by atoms with van der Waals surface area (Å²) in [5.74, 6) is 0.155. The molecule has 2 aromatic rings. The SMILES string of the molecule is CNC(C(=O)NC1C(=O)N2C(c3nnn[nH]3)C(C)(C)S[C@@H]12)c1ccc(Cl)cc1. The van der Waals surface area contributed by atoms with Crippen molar-refractivity contribution in [2.45, 2.75) is 42.1 Å². The first-order valence-electron chi connectivity index (χ1n) is 8.80. The molecule has 2 amide bonds. The van der Waals surface area contributed by atoms with E-state index in [1.165, 1.54) is 0 Å². The Bertz CT molecular complexity index is 889. The van der Waals surface area contributed by atoms with Gasteiger partial charge in [-0.3, -0.25) is 9.59 Å². The van der Waals surface area contributed by atoms with Crippen LogP contribution in [0.15, 0.2) is 24.3 Å². The van der Waals surface area contributed by atoms with Crippen LogP contribution in [0.25, 0.3) is 0 Å². The monoisotopic (exact) mass is 421 g/mol. The van der Waals surface area contributed by atoms with E-state index in [4.69, 9.17) is 11.6 Å². The maximum atomic E-state index is 12.8. The fourth-order valence-corrected chi connectivity index (χ4v) is 5.58. The number of fused-ring (bicyclic) bond motifs is 1. The molecule has 2 saturated heterocycles. The summed E-state index contributed by atoms with van der Waals surface area (Å²) in [5, 5.41) is 20.3. The molecule has 0 spiro atoms.